The summed E-state index contributed by atoms with van der Waals surface area (Å²) in [5, 5.41) is 0. The van der Waals surface area contributed by atoms with E-state index >= 15 is 0 Å². The molecule has 3 nitrogen and oxygen atoms in total. The van der Waals surface area contributed by atoms with E-state index in [2.05, 4.69) is 9.72 Å². The van der Waals surface area contributed by atoms with Crippen LogP contribution in [0.2, 0.25) is 0 Å². The standard InChI is InChI=1S/C10H11NO2/c1-13-10(12)9-5-8(9)7-3-2-4-11-6-7/h2-4,6,8-9H,5H2,1H3/t8-,9+/m1/s1. The molecule has 0 radical (unpaired) electrons. The summed E-state index contributed by atoms with van der Waals surface area (Å²) >= 11 is 0. The number of esters is 1. The molecule has 13 heavy (non-hydrogen) atoms. The normalized spacial score (nSPS) is 25.3. The lowest BCUT2D eigenvalue weighted by molar-refractivity contribution is -0.142. The van der Waals surface area contributed by atoms with E-state index in [4.69, 9.17) is 0 Å². The Hall–Kier alpha value is -1.38. The SMILES string of the molecule is COC(=O)[C@H]1C[C@@H]1c1cccnc1. The Morgan fingerprint density at radius 1 is 1.69 bits per heavy atom. The summed E-state index contributed by atoms with van der Waals surface area (Å²) in [6.07, 6.45) is 4.45. The minimum absolute atomic E-state index is 0.0641. The molecule has 3 heteroatoms. The Kier molecular flexibility index (Phi) is 2.00. The van der Waals surface area contributed by atoms with Crippen molar-refractivity contribution in [2.45, 2.75) is 12.3 Å². The first kappa shape index (κ1) is 8.23. The zero-order chi connectivity index (χ0) is 9.26. The predicted octanol–water partition coefficient (Wildman–Crippen LogP) is 1.36. The molecular weight excluding hydrogens is 166 g/mol. The van der Waals surface area contributed by atoms with Crippen molar-refractivity contribution in [3.05, 3.63) is 30.1 Å². The van der Waals surface area contributed by atoms with Gasteiger partial charge in [0.25, 0.3) is 0 Å². The number of aromatic nitrogens is 1. The van der Waals surface area contributed by atoms with Crippen molar-refractivity contribution in [2.24, 2.45) is 5.92 Å². The topological polar surface area (TPSA) is 39.2 Å². The van der Waals surface area contributed by atoms with Gasteiger partial charge in [-0.15, -0.1) is 0 Å². The monoisotopic (exact) mass is 177 g/mol. The third-order valence-corrected chi connectivity index (χ3v) is 2.41. The molecule has 0 unspecified atom stereocenters. The molecule has 0 N–H and O–H groups in total. The van der Waals surface area contributed by atoms with Crippen LogP contribution in [-0.2, 0) is 9.53 Å². The van der Waals surface area contributed by atoms with E-state index in [1.54, 1.807) is 6.20 Å². The molecule has 0 amide bonds. The first-order chi connectivity index (χ1) is 6.33. The zero-order valence-corrected chi connectivity index (χ0v) is 7.43. The summed E-state index contributed by atoms with van der Waals surface area (Å²) in [4.78, 5) is 15.1. The number of nitrogens with zero attached hydrogens (tertiary/aromatic N) is 1. The second-order valence-electron chi connectivity index (χ2n) is 3.26. The Labute approximate surface area is 76.7 Å². The van der Waals surface area contributed by atoms with E-state index in [0.717, 1.165) is 12.0 Å². The number of carbonyl (C=O) groups excluding carboxylic acids is 1. The summed E-state index contributed by atoms with van der Waals surface area (Å²) in [5.74, 6) is 0.296. The summed E-state index contributed by atoms with van der Waals surface area (Å²) in [6, 6.07) is 3.89. The fourth-order valence-electron chi connectivity index (χ4n) is 1.57. The Balaban J connectivity index is 2.04. The van der Waals surface area contributed by atoms with E-state index in [1.165, 1.54) is 7.11 Å². The van der Waals surface area contributed by atoms with Crippen molar-refractivity contribution in [3.8, 4) is 0 Å². The number of hydrogen-bond donors (Lipinski definition) is 0. The largest absolute Gasteiger partial charge is 0.469 e. The number of ether oxygens (including phenoxy) is 1. The molecule has 1 saturated carbocycles. The lowest BCUT2D eigenvalue weighted by atomic mass is 10.1. The van der Waals surface area contributed by atoms with E-state index in [-0.39, 0.29) is 11.9 Å². The minimum Gasteiger partial charge on any atom is -0.469 e. The van der Waals surface area contributed by atoms with Gasteiger partial charge in [-0.25, -0.2) is 0 Å². The first-order valence-corrected chi connectivity index (χ1v) is 4.30. The maximum absolute atomic E-state index is 11.1. The molecule has 0 bridgehead atoms. The molecule has 2 rings (SSSR count). The highest BCUT2D eigenvalue weighted by Gasteiger charge is 2.44. The molecule has 1 aliphatic carbocycles. The molecule has 68 valence electrons. The minimum atomic E-state index is -0.103. The van der Waals surface area contributed by atoms with Crippen molar-refractivity contribution in [3.63, 3.8) is 0 Å². The van der Waals surface area contributed by atoms with Crippen LogP contribution >= 0.6 is 0 Å². The predicted molar refractivity (Wildman–Crippen MR) is 47.1 cm³/mol. The van der Waals surface area contributed by atoms with E-state index in [1.807, 2.05) is 18.3 Å². The Morgan fingerprint density at radius 3 is 3.15 bits per heavy atom. The maximum atomic E-state index is 11.1. The van der Waals surface area contributed by atoms with Crippen LogP contribution in [0.5, 0.6) is 0 Å². The molecule has 1 fully saturated rings. The van der Waals surface area contributed by atoms with Gasteiger partial charge in [0.1, 0.15) is 0 Å². The summed E-state index contributed by atoms with van der Waals surface area (Å²) in [6.45, 7) is 0. The fourth-order valence-corrected chi connectivity index (χ4v) is 1.57. The maximum Gasteiger partial charge on any atom is 0.309 e. The van der Waals surface area contributed by atoms with Crippen LogP contribution in [0.15, 0.2) is 24.5 Å². The average Bonchev–Trinajstić information content (AvgIpc) is 2.98. The number of rotatable bonds is 2. The van der Waals surface area contributed by atoms with Gasteiger partial charge in [-0.2, -0.15) is 0 Å². The van der Waals surface area contributed by atoms with Gasteiger partial charge in [0.15, 0.2) is 0 Å². The average molecular weight is 177 g/mol. The van der Waals surface area contributed by atoms with Crippen molar-refractivity contribution < 1.29 is 9.53 Å². The lowest BCUT2D eigenvalue weighted by Gasteiger charge is -1.97. The molecule has 0 aliphatic heterocycles. The van der Waals surface area contributed by atoms with Crippen LogP contribution in [0.25, 0.3) is 0 Å². The van der Waals surface area contributed by atoms with Crippen LogP contribution < -0.4 is 0 Å². The molecule has 0 aromatic carbocycles. The smallest absolute Gasteiger partial charge is 0.309 e. The van der Waals surface area contributed by atoms with Gasteiger partial charge >= 0.3 is 5.97 Å². The first-order valence-electron chi connectivity index (χ1n) is 4.30. The third kappa shape index (κ3) is 1.54. The fraction of sp³-hybridized carbons (Fsp3) is 0.400. The van der Waals surface area contributed by atoms with Crippen LogP contribution in [0.3, 0.4) is 0 Å². The second-order valence-corrected chi connectivity index (χ2v) is 3.26. The van der Waals surface area contributed by atoms with Crippen molar-refractivity contribution >= 4 is 5.97 Å². The Bertz CT molecular complexity index is 310. The van der Waals surface area contributed by atoms with E-state index in [0.29, 0.717) is 5.92 Å². The van der Waals surface area contributed by atoms with Gasteiger partial charge in [-0.1, -0.05) is 6.07 Å². The lowest BCUT2D eigenvalue weighted by Crippen LogP contribution is -2.03. The molecule has 0 spiro atoms. The molecular formula is C10H11NO2. The number of carbonyl (C=O) groups is 1. The highest BCUT2D eigenvalue weighted by molar-refractivity contribution is 5.77. The summed E-state index contributed by atoms with van der Waals surface area (Å²) in [7, 11) is 1.43. The molecule has 1 aliphatic rings. The Morgan fingerprint density at radius 2 is 2.54 bits per heavy atom. The zero-order valence-electron chi connectivity index (χ0n) is 7.43. The summed E-state index contributed by atoms with van der Waals surface area (Å²) in [5.41, 5.74) is 1.14. The van der Waals surface area contributed by atoms with Crippen molar-refractivity contribution in [2.75, 3.05) is 7.11 Å². The van der Waals surface area contributed by atoms with Gasteiger partial charge in [0.05, 0.1) is 13.0 Å². The number of pyridine rings is 1. The third-order valence-electron chi connectivity index (χ3n) is 2.41. The van der Waals surface area contributed by atoms with E-state index < -0.39 is 0 Å². The van der Waals surface area contributed by atoms with Gasteiger partial charge < -0.3 is 4.74 Å². The molecule has 0 saturated heterocycles. The second kappa shape index (κ2) is 3.17. The van der Waals surface area contributed by atoms with Crippen LogP contribution in [0, 0.1) is 5.92 Å². The molecule has 1 aromatic heterocycles. The van der Waals surface area contributed by atoms with Crippen LogP contribution in [-0.4, -0.2) is 18.1 Å². The quantitative estimate of drug-likeness (QED) is 0.640. The molecule has 2 atom stereocenters. The summed E-state index contributed by atoms with van der Waals surface area (Å²) < 4.78 is 4.67. The van der Waals surface area contributed by atoms with Gasteiger partial charge in [0.2, 0.25) is 0 Å². The van der Waals surface area contributed by atoms with Crippen LogP contribution in [0.1, 0.15) is 17.9 Å². The highest BCUT2D eigenvalue weighted by Crippen LogP contribution is 2.47. The van der Waals surface area contributed by atoms with Gasteiger partial charge in [-0.05, 0) is 24.0 Å². The molecule has 1 aromatic rings. The molecule has 1 heterocycles. The van der Waals surface area contributed by atoms with Gasteiger partial charge in [0, 0.05) is 12.4 Å². The van der Waals surface area contributed by atoms with Crippen molar-refractivity contribution in [1.82, 2.24) is 4.98 Å². The highest BCUT2D eigenvalue weighted by atomic mass is 16.5. The number of methoxy groups -OCH3 is 1. The van der Waals surface area contributed by atoms with Crippen LogP contribution in [0.4, 0.5) is 0 Å². The van der Waals surface area contributed by atoms with E-state index in [9.17, 15) is 4.79 Å². The van der Waals surface area contributed by atoms with Gasteiger partial charge in [-0.3, -0.25) is 9.78 Å². The number of hydrogen-bond acceptors (Lipinski definition) is 3. The van der Waals surface area contributed by atoms with Crippen molar-refractivity contribution in [1.29, 1.82) is 0 Å².